The van der Waals surface area contributed by atoms with Crippen molar-refractivity contribution in [3.05, 3.63) is 59.9 Å². The normalized spacial score (nSPS) is 31.3. The van der Waals surface area contributed by atoms with Crippen molar-refractivity contribution in [2.45, 2.75) is 44.9 Å². The molecule has 1 aliphatic heterocycles. The first-order valence-electron chi connectivity index (χ1n) is 11.7. The molecular weight excluding hydrogens is 443 g/mol. The van der Waals surface area contributed by atoms with E-state index in [-0.39, 0.29) is 41.5 Å². The van der Waals surface area contributed by atoms with Crippen LogP contribution in [0.2, 0.25) is 0 Å². The lowest BCUT2D eigenvalue weighted by molar-refractivity contribution is -0.145. The molecule has 0 amide bonds. The highest BCUT2D eigenvalue weighted by atomic mass is 19.4. The van der Waals surface area contributed by atoms with Crippen molar-refractivity contribution in [2.75, 3.05) is 0 Å². The molecular formula is C27H26F3NO3. The van der Waals surface area contributed by atoms with Crippen LogP contribution in [-0.4, -0.2) is 22.8 Å². The molecule has 3 fully saturated rings. The summed E-state index contributed by atoms with van der Waals surface area (Å²) in [6, 6.07) is 8.75. The topological polar surface area (TPSA) is 56.3 Å². The molecule has 34 heavy (non-hydrogen) atoms. The number of Topliss-reactive ketones (excluding diaryl/α,β-unsaturated/α-hetero) is 1. The van der Waals surface area contributed by atoms with E-state index in [1.165, 1.54) is 6.07 Å². The summed E-state index contributed by atoms with van der Waals surface area (Å²) < 4.78 is 44.7. The van der Waals surface area contributed by atoms with Gasteiger partial charge in [-0.1, -0.05) is 24.3 Å². The molecule has 4 nitrogen and oxygen atoms in total. The Balaban J connectivity index is 1.38. The maximum Gasteiger partial charge on any atom is 0.416 e. The fourth-order valence-electron chi connectivity index (χ4n) is 6.18. The lowest BCUT2D eigenvalue weighted by Gasteiger charge is -2.45. The number of hydrogen-bond donors (Lipinski definition) is 0. The minimum Gasteiger partial charge on any atom is -0.462 e. The van der Waals surface area contributed by atoms with Crippen LogP contribution in [0, 0.1) is 29.6 Å². The van der Waals surface area contributed by atoms with Gasteiger partial charge in [-0.25, -0.2) is 0 Å². The number of esters is 1. The van der Waals surface area contributed by atoms with Crippen molar-refractivity contribution in [1.82, 2.24) is 4.98 Å². The molecule has 6 atom stereocenters. The molecule has 1 saturated heterocycles. The molecule has 1 aromatic carbocycles. The molecule has 0 spiro atoms. The number of fused-ring (bicyclic) bond motifs is 2. The number of aromatic nitrogens is 1. The summed E-state index contributed by atoms with van der Waals surface area (Å²) in [4.78, 5) is 28.9. The number of ketones is 1. The highest BCUT2D eigenvalue weighted by Gasteiger charge is 2.54. The molecule has 0 radical (unpaired) electrons. The number of allylic oxidation sites excluding steroid dienone is 1. The van der Waals surface area contributed by atoms with Crippen LogP contribution in [0.25, 0.3) is 17.2 Å². The Hall–Kier alpha value is -2.96. The second-order valence-electron chi connectivity index (χ2n) is 9.75. The number of cyclic esters (lactones) is 1. The van der Waals surface area contributed by atoms with Gasteiger partial charge >= 0.3 is 12.1 Å². The number of benzene rings is 1. The molecule has 0 bridgehead atoms. The second kappa shape index (κ2) is 8.67. The van der Waals surface area contributed by atoms with Crippen LogP contribution in [0.15, 0.2) is 48.7 Å². The minimum absolute atomic E-state index is 0.0857. The van der Waals surface area contributed by atoms with Gasteiger partial charge in [0.05, 0.1) is 17.2 Å². The lowest BCUT2D eigenvalue weighted by atomic mass is 9.57. The number of carbonyl (C=O) groups is 2. The first kappa shape index (κ1) is 22.8. The largest absolute Gasteiger partial charge is 0.462 e. The van der Waals surface area contributed by atoms with Gasteiger partial charge in [0.25, 0.3) is 0 Å². The van der Waals surface area contributed by atoms with Crippen LogP contribution < -0.4 is 0 Å². The van der Waals surface area contributed by atoms with Crippen LogP contribution >= 0.6 is 0 Å². The van der Waals surface area contributed by atoms with Crippen LogP contribution in [0.1, 0.15) is 43.9 Å². The summed E-state index contributed by atoms with van der Waals surface area (Å²) in [6.07, 6.45) is 3.70. The molecule has 7 heteroatoms. The fourth-order valence-corrected chi connectivity index (χ4v) is 6.18. The SMILES string of the molecule is C[C@H]1OC(=O)[C@@H]2C[C@@H]3CC(=O)CC[C@H]3[C@H](/C=C/c3ccc(-c4cccc(C(F)(F)F)c4)cn3)[C@H]12. The summed E-state index contributed by atoms with van der Waals surface area (Å²) >= 11 is 0. The van der Waals surface area contributed by atoms with E-state index in [4.69, 9.17) is 4.74 Å². The van der Waals surface area contributed by atoms with Crippen LogP contribution in [0.4, 0.5) is 13.2 Å². The summed E-state index contributed by atoms with van der Waals surface area (Å²) in [6.45, 7) is 1.94. The molecule has 0 unspecified atom stereocenters. The zero-order valence-corrected chi connectivity index (χ0v) is 18.8. The molecule has 1 aromatic heterocycles. The van der Waals surface area contributed by atoms with Gasteiger partial charge < -0.3 is 4.74 Å². The van der Waals surface area contributed by atoms with Crippen molar-refractivity contribution >= 4 is 17.8 Å². The molecule has 178 valence electrons. The van der Waals surface area contributed by atoms with Gasteiger partial charge in [0, 0.05) is 30.5 Å². The van der Waals surface area contributed by atoms with Crippen molar-refractivity contribution < 1.29 is 27.5 Å². The van der Waals surface area contributed by atoms with Gasteiger partial charge in [-0.15, -0.1) is 0 Å². The van der Waals surface area contributed by atoms with Gasteiger partial charge in [-0.2, -0.15) is 13.2 Å². The van der Waals surface area contributed by atoms with Gasteiger partial charge in [0.1, 0.15) is 11.9 Å². The van der Waals surface area contributed by atoms with E-state index >= 15 is 0 Å². The lowest BCUT2D eigenvalue weighted by Crippen LogP contribution is -2.44. The van der Waals surface area contributed by atoms with E-state index in [1.807, 2.05) is 13.0 Å². The van der Waals surface area contributed by atoms with Crippen molar-refractivity contribution in [3.63, 3.8) is 0 Å². The summed E-state index contributed by atoms with van der Waals surface area (Å²) in [5.41, 5.74) is 1.07. The van der Waals surface area contributed by atoms with Crippen molar-refractivity contribution in [2.24, 2.45) is 29.6 Å². The average Bonchev–Trinajstić information content (AvgIpc) is 3.09. The van der Waals surface area contributed by atoms with E-state index in [1.54, 1.807) is 24.4 Å². The number of carbonyl (C=O) groups excluding carboxylic acids is 2. The Bertz CT molecular complexity index is 1120. The number of alkyl halides is 3. The van der Waals surface area contributed by atoms with Gasteiger partial charge in [-0.05, 0) is 67.4 Å². The molecule has 2 aromatic rings. The second-order valence-corrected chi connectivity index (χ2v) is 9.75. The number of hydrogen-bond acceptors (Lipinski definition) is 4. The van der Waals surface area contributed by atoms with Gasteiger partial charge in [0.2, 0.25) is 0 Å². The van der Waals surface area contributed by atoms with E-state index in [2.05, 4.69) is 11.1 Å². The van der Waals surface area contributed by atoms with Gasteiger partial charge in [-0.3, -0.25) is 14.6 Å². The number of halogens is 3. The minimum atomic E-state index is -4.39. The predicted molar refractivity (Wildman–Crippen MR) is 120 cm³/mol. The maximum atomic E-state index is 13.0. The van der Waals surface area contributed by atoms with Crippen LogP contribution in [-0.2, 0) is 20.5 Å². The van der Waals surface area contributed by atoms with Gasteiger partial charge in [0.15, 0.2) is 0 Å². The summed E-state index contributed by atoms with van der Waals surface area (Å²) in [7, 11) is 0. The van der Waals surface area contributed by atoms with E-state index in [9.17, 15) is 22.8 Å². The zero-order valence-electron chi connectivity index (χ0n) is 18.8. The van der Waals surface area contributed by atoms with Crippen molar-refractivity contribution in [3.8, 4) is 11.1 Å². The Morgan fingerprint density at radius 3 is 2.68 bits per heavy atom. The van der Waals surface area contributed by atoms with Crippen LogP contribution in [0.3, 0.4) is 0 Å². The van der Waals surface area contributed by atoms with Crippen LogP contribution in [0.5, 0.6) is 0 Å². The summed E-state index contributed by atoms with van der Waals surface area (Å²) in [5.74, 6) is 0.672. The zero-order chi connectivity index (χ0) is 24.0. The average molecular weight is 470 g/mol. The maximum absolute atomic E-state index is 13.0. The Kier molecular flexibility index (Phi) is 5.82. The number of rotatable bonds is 3. The molecule has 2 saturated carbocycles. The molecule has 2 aliphatic carbocycles. The highest BCUT2D eigenvalue weighted by molar-refractivity contribution is 5.80. The number of nitrogens with zero attached hydrogens (tertiary/aromatic N) is 1. The summed E-state index contributed by atoms with van der Waals surface area (Å²) in [5, 5.41) is 0. The molecule has 3 aliphatic rings. The smallest absolute Gasteiger partial charge is 0.416 e. The Morgan fingerprint density at radius 1 is 1.12 bits per heavy atom. The molecule has 0 N–H and O–H groups in total. The molecule has 2 heterocycles. The third-order valence-corrected chi connectivity index (χ3v) is 7.76. The third kappa shape index (κ3) is 4.28. The number of pyridine rings is 1. The number of ether oxygens (including phenoxy) is 1. The first-order chi connectivity index (χ1) is 16.2. The quantitative estimate of drug-likeness (QED) is 0.520. The van der Waals surface area contributed by atoms with E-state index < -0.39 is 11.7 Å². The molecule has 5 rings (SSSR count). The standard InChI is InChI=1S/C27H26F3NO3/c1-15-25-23(22-10-8-21(32)12-18(22)13-24(25)26(33)34-15)9-7-20-6-5-17(14-31-20)16-3-2-4-19(11-16)27(28,29)30/h2-7,9,11,14-15,18,22-25H,8,10,12-13H2,1H3/b9-7+/t15-,18+,22-,23+,24-,25+/m1/s1. The third-order valence-electron chi connectivity index (χ3n) is 7.76. The monoisotopic (exact) mass is 469 g/mol. The fraction of sp³-hybridized carbons (Fsp3) is 0.444. The Labute approximate surface area is 196 Å². The predicted octanol–water partition coefficient (Wildman–Crippen LogP) is 5.96. The van der Waals surface area contributed by atoms with E-state index in [0.29, 0.717) is 35.6 Å². The van der Waals surface area contributed by atoms with E-state index in [0.717, 1.165) is 25.0 Å². The Morgan fingerprint density at radius 2 is 1.94 bits per heavy atom. The highest BCUT2D eigenvalue weighted by Crippen LogP contribution is 2.53. The first-order valence-corrected chi connectivity index (χ1v) is 11.7. The van der Waals surface area contributed by atoms with Crippen molar-refractivity contribution in [1.29, 1.82) is 0 Å².